The van der Waals surface area contributed by atoms with Crippen LogP contribution in [0.5, 0.6) is 0 Å². The summed E-state index contributed by atoms with van der Waals surface area (Å²) in [5.41, 5.74) is 0.406. The topological polar surface area (TPSA) is 103 Å². The number of halogens is 1. The molecule has 7 nitrogen and oxygen atoms in total. The standard InChI is InChI=1S/C19H24N4O3.ClH/c1-19(6-8-20-9-7-19)12-23-16(24)11-22-18(26)14-10-21-15-5-3-2-4-13(15)17(14)25;/h2-5,10,20H,6-9,11-12H2,1H3,(H,21,25)(H,22,26)(H,23,24);1H. The molecule has 1 saturated heterocycles. The number of nitrogens with one attached hydrogen (secondary N) is 4. The molecule has 1 aromatic heterocycles. The first-order chi connectivity index (χ1) is 12.5. The third-order valence-corrected chi connectivity index (χ3v) is 4.97. The minimum absolute atomic E-state index is 0. The molecule has 1 aliphatic rings. The second kappa shape index (κ2) is 9.01. The first-order valence-electron chi connectivity index (χ1n) is 8.85. The molecule has 1 aromatic carbocycles. The average Bonchev–Trinajstić information content (AvgIpc) is 2.66. The van der Waals surface area contributed by atoms with E-state index in [-0.39, 0.29) is 41.3 Å². The molecule has 0 bridgehead atoms. The Balaban J connectivity index is 0.00000261. The molecule has 0 spiro atoms. The number of aromatic amines is 1. The fraction of sp³-hybridized carbons (Fsp3) is 0.421. The molecular formula is C19H25ClN4O3. The zero-order valence-corrected chi connectivity index (χ0v) is 16.1. The summed E-state index contributed by atoms with van der Waals surface area (Å²) >= 11 is 0. The average molecular weight is 393 g/mol. The lowest BCUT2D eigenvalue weighted by atomic mass is 9.81. The van der Waals surface area contributed by atoms with Crippen LogP contribution < -0.4 is 21.4 Å². The van der Waals surface area contributed by atoms with Crippen LogP contribution in [0.4, 0.5) is 0 Å². The Hall–Kier alpha value is -2.38. The van der Waals surface area contributed by atoms with Crippen LogP contribution in [0.15, 0.2) is 35.3 Å². The van der Waals surface area contributed by atoms with Crippen LogP contribution in [0.25, 0.3) is 10.9 Å². The van der Waals surface area contributed by atoms with Gasteiger partial charge in [-0.15, -0.1) is 12.4 Å². The molecule has 146 valence electrons. The van der Waals surface area contributed by atoms with Gasteiger partial charge in [-0.25, -0.2) is 0 Å². The zero-order valence-electron chi connectivity index (χ0n) is 15.3. The van der Waals surface area contributed by atoms with Gasteiger partial charge < -0.3 is 20.9 Å². The number of amides is 2. The van der Waals surface area contributed by atoms with Gasteiger partial charge >= 0.3 is 0 Å². The second-order valence-electron chi connectivity index (χ2n) is 7.10. The first kappa shape index (κ1) is 20.9. The van der Waals surface area contributed by atoms with E-state index >= 15 is 0 Å². The number of aromatic nitrogens is 1. The maximum atomic E-state index is 12.4. The summed E-state index contributed by atoms with van der Waals surface area (Å²) in [6.07, 6.45) is 3.40. The van der Waals surface area contributed by atoms with Gasteiger partial charge in [0.25, 0.3) is 5.91 Å². The molecule has 2 aromatic rings. The summed E-state index contributed by atoms with van der Waals surface area (Å²) in [5.74, 6) is -0.810. The number of rotatable bonds is 5. The number of hydrogen-bond acceptors (Lipinski definition) is 4. The van der Waals surface area contributed by atoms with Crippen molar-refractivity contribution < 1.29 is 9.59 Å². The maximum Gasteiger partial charge on any atom is 0.257 e. The highest BCUT2D eigenvalue weighted by molar-refractivity contribution is 5.98. The van der Waals surface area contributed by atoms with Gasteiger partial charge in [0.15, 0.2) is 0 Å². The Morgan fingerprint density at radius 2 is 1.85 bits per heavy atom. The highest BCUT2D eigenvalue weighted by atomic mass is 35.5. The summed E-state index contributed by atoms with van der Waals surface area (Å²) in [7, 11) is 0. The molecule has 27 heavy (non-hydrogen) atoms. The smallest absolute Gasteiger partial charge is 0.257 e. The van der Waals surface area contributed by atoms with Gasteiger partial charge in [-0.1, -0.05) is 19.1 Å². The van der Waals surface area contributed by atoms with E-state index in [0.717, 1.165) is 25.9 Å². The molecular weight excluding hydrogens is 368 g/mol. The number of H-pyrrole nitrogens is 1. The van der Waals surface area contributed by atoms with Gasteiger partial charge in [0.1, 0.15) is 5.56 Å². The summed E-state index contributed by atoms with van der Waals surface area (Å²) < 4.78 is 0. The van der Waals surface area contributed by atoms with Gasteiger partial charge in [-0.2, -0.15) is 0 Å². The fourth-order valence-electron chi connectivity index (χ4n) is 3.17. The molecule has 2 heterocycles. The number of fused-ring (bicyclic) bond motifs is 1. The molecule has 0 radical (unpaired) electrons. The SMILES string of the molecule is CC1(CNC(=O)CNC(=O)c2c[nH]c3ccccc3c2=O)CCNCC1.Cl. The van der Waals surface area contributed by atoms with Crippen molar-refractivity contribution in [3.05, 3.63) is 46.2 Å². The number of hydrogen-bond donors (Lipinski definition) is 4. The van der Waals surface area contributed by atoms with Crippen molar-refractivity contribution in [3.8, 4) is 0 Å². The molecule has 4 N–H and O–H groups in total. The normalized spacial score (nSPS) is 15.6. The van der Waals surface area contributed by atoms with Crippen molar-refractivity contribution in [3.63, 3.8) is 0 Å². The molecule has 0 aliphatic carbocycles. The largest absolute Gasteiger partial charge is 0.360 e. The van der Waals surface area contributed by atoms with Crippen molar-refractivity contribution in [1.29, 1.82) is 0 Å². The Kier molecular flexibility index (Phi) is 6.98. The third-order valence-electron chi connectivity index (χ3n) is 4.97. The lowest BCUT2D eigenvalue weighted by molar-refractivity contribution is -0.120. The number of pyridine rings is 1. The van der Waals surface area contributed by atoms with E-state index in [1.54, 1.807) is 18.2 Å². The van der Waals surface area contributed by atoms with Gasteiger partial charge in [-0.05, 0) is 43.5 Å². The highest BCUT2D eigenvalue weighted by Crippen LogP contribution is 2.26. The van der Waals surface area contributed by atoms with Gasteiger partial charge in [0.2, 0.25) is 11.3 Å². The van der Waals surface area contributed by atoms with Crippen LogP contribution in [0.2, 0.25) is 0 Å². The van der Waals surface area contributed by atoms with Crippen molar-refractivity contribution in [2.75, 3.05) is 26.2 Å². The van der Waals surface area contributed by atoms with Gasteiger partial charge in [0, 0.05) is 23.6 Å². The van der Waals surface area contributed by atoms with E-state index in [2.05, 4.69) is 27.9 Å². The number of benzene rings is 1. The van der Waals surface area contributed by atoms with E-state index in [4.69, 9.17) is 0 Å². The molecule has 0 saturated carbocycles. The first-order valence-corrected chi connectivity index (χ1v) is 8.85. The highest BCUT2D eigenvalue weighted by Gasteiger charge is 2.27. The number of para-hydroxylation sites is 1. The molecule has 2 amide bonds. The molecule has 8 heteroatoms. The molecule has 1 aliphatic heterocycles. The predicted octanol–water partition coefficient (Wildman–Crippen LogP) is 1.19. The Morgan fingerprint density at radius 1 is 1.15 bits per heavy atom. The van der Waals surface area contributed by atoms with E-state index in [0.29, 0.717) is 17.4 Å². The molecule has 0 unspecified atom stereocenters. The monoisotopic (exact) mass is 392 g/mol. The zero-order chi connectivity index (χ0) is 18.6. The second-order valence-corrected chi connectivity index (χ2v) is 7.10. The lowest BCUT2D eigenvalue weighted by Crippen LogP contribution is -2.45. The van der Waals surface area contributed by atoms with Crippen molar-refractivity contribution >= 4 is 35.1 Å². The van der Waals surface area contributed by atoms with E-state index < -0.39 is 5.91 Å². The van der Waals surface area contributed by atoms with Gasteiger partial charge in [-0.3, -0.25) is 14.4 Å². The Bertz CT molecular complexity index is 875. The summed E-state index contributed by atoms with van der Waals surface area (Å²) in [4.78, 5) is 39.6. The summed E-state index contributed by atoms with van der Waals surface area (Å²) in [6.45, 7) is 4.49. The summed E-state index contributed by atoms with van der Waals surface area (Å²) in [6, 6.07) is 6.99. The van der Waals surface area contributed by atoms with Crippen LogP contribution >= 0.6 is 12.4 Å². The van der Waals surface area contributed by atoms with Crippen LogP contribution in [-0.4, -0.2) is 43.0 Å². The van der Waals surface area contributed by atoms with Gasteiger partial charge in [0.05, 0.1) is 6.54 Å². The van der Waals surface area contributed by atoms with Crippen LogP contribution in [0, 0.1) is 5.41 Å². The number of carbonyl (C=O) groups excluding carboxylic acids is 2. The maximum absolute atomic E-state index is 12.4. The van der Waals surface area contributed by atoms with E-state index in [1.807, 2.05) is 6.07 Å². The molecule has 1 fully saturated rings. The van der Waals surface area contributed by atoms with E-state index in [9.17, 15) is 14.4 Å². The van der Waals surface area contributed by atoms with Crippen molar-refractivity contribution in [2.24, 2.45) is 5.41 Å². The minimum Gasteiger partial charge on any atom is -0.360 e. The van der Waals surface area contributed by atoms with Crippen LogP contribution in [0.3, 0.4) is 0 Å². The van der Waals surface area contributed by atoms with Crippen LogP contribution in [-0.2, 0) is 4.79 Å². The summed E-state index contributed by atoms with van der Waals surface area (Å²) in [5, 5.41) is 9.15. The number of piperidine rings is 1. The van der Waals surface area contributed by atoms with Crippen molar-refractivity contribution in [2.45, 2.75) is 19.8 Å². The molecule has 3 rings (SSSR count). The third kappa shape index (κ3) is 5.08. The Labute approximate surface area is 163 Å². The molecule has 0 atom stereocenters. The van der Waals surface area contributed by atoms with Crippen molar-refractivity contribution in [1.82, 2.24) is 20.9 Å². The van der Waals surface area contributed by atoms with Crippen LogP contribution in [0.1, 0.15) is 30.1 Å². The minimum atomic E-state index is -0.555. The quantitative estimate of drug-likeness (QED) is 0.613. The van der Waals surface area contributed by atoms with E-state index in [1.165, 1.54) is 6.20 Å². The predicted molar refractivity (Wildman–Crippen MR) is 107 cm³/mol. The lowest BCUT2D eigenvalue weighted by Gasteiger charge is -2.34. The fourth-order valence-corrected chi connectivity index (χ4v) is 3.17. The Morgan fingerprint density at radius 3 is 2.59 bits per heavy atom. The number of carbonyl (C=O) groups is 2.